The van der Waals surface area contributed by atoms with Gasteiger partial charge in [0.25, 0.3) is 0 Å². The number of pyridine rings is 1. The molecule has 2 N–H and O–H groups in total. The summed E-state index contributed by atoms with van der Waals surface area (Å²) in [5.41, 5.74) is 2.54. The van der Waals surface area contributed by atoms with E-state index in [1.54, 1.807) is 0 Å². The number of aliphatic hydroxyl groups is 1. The molecule has 0 saturated heterocycles. The van der Waals surface area contributed by atoms with E-state index in [2.05, 4.69) is 22.4 Å². The van der Waals surface area contributed by atoms with Crippen LogP contribution >= 0.6 is 0 Å². The van der Waals surface area contributed by atoms with E-state index in [1.807, 2.05) is 25.1 Å². The predicted molar refractivity (Wildman–Crippen MR) is 83.0 cm³/mol. The maximum absolute atomic E-state index is 10.6. The number of hydrogen-bond donors (Lipinski definition) is 2. The molecule has 3 nitrogen and oxygen atoms in total. The summed E-state index contributed by atoms with van der Waals surface area (Å²) >= 11 is 0. The molecular weight excluding hydrogens is 248 g/mol. The molecule has 1 aliphatic carbocycles. The second-order valence-corrected chi connectivity index (χ2v) is 5.97. The third-order valence-corrected chi connectivity index (χ3v) is 4.24. The molecule has 1 fully saturated rings. The molecule has 0 spiro atoms. The van der Waals surface area contributed by atoms with E-state index < -0.39 is 5.60 Å². The van der Waals surface area contributed by atoms with Gasteiger partial charge in [-0.05, 0) is 31.9 Å². The molecule has 0 unspecified atom stereocenters. The lowest BCUT2D eigenvalue weighted by Crippen LogP contribution is -2.38. The molecule has 20 heavy (non-hydrogen) atoms. The Morgan fingerprint density at radius 1 is 1.20 bits per heavy atom. The van der Waals surface area contributed by atoms with Gasteiger partial charge in [0, 0.05) is 23.3 Å². The fourth-order valence-corrected chi connectivity index (χ4v) is 3.10. The highest BCUT2D eigenvalue weighted by Gasteiger charge is 2.28. The fraction of sp³-hybridized carbons (Fsp3) is 0.471. The van der Waals surface area contributed by atoms with Gasteiger partial charge in [0.15, 0.2) is 0 Å². The predicted octanol–water partition coefficient (Wildman–Crippen LogP) is 3.65. The summed E-state index contributed by atoms with van der Waals surface area (Å²) < 4.78 is 0. The number of benzene rings is 1. The highest BCUT2D eigenvalue weighted by atomic mass is 16.3. The van der Waals surface area contributed by atoms with Crippen LogP contribution in [0.15, 0.2) is 30.3 Å². The van der Waals surface area contributed by atoms with Gasteiger partial charge in [-0.25, -0.2) is 0 Å². The number of aromatic nitrogens is 1. The molecule has 0 atom stereocenters. The van der Waals surface area contributed by atoms with E-state index in [1.165, 1.54) is 6.42 Å². The molecule has 1 aromatic carbocycles. The Morgan fingerprint density at radius 2 is 1.95 bits per heavy atom. The monoisotopic (exact) mass is 270 g/mol. The molecule has 1 saturated carbocycles. The van der Waals surface area contributed by atoms with Crippen molar-refractivity contribution in [2.45, 2.75) is 44.6 Å². The molecule has 1 aliphatic rings. The molecule has 2 aromatic rings. The maximum atomic E-state index is 10.6. The summed E-state index contributed by atoms with van der Waals surface area (Å²) in [7, 11) is 0. The first-order valence-corrected chi connectivity index (χ1v) is 7.49. The number of aryl methyl sites for hydroxylation is 1. The van der Waals surface area contributed by atoms with Crippen LogP contribution in [-0.2, 0) is 0 Å². The van der Waals surface area contributed by atoms with E-state index in [9.17, 15) is 5.11 Å². The summed E-state index contributed by atoms with van der Waals surface area (Å²) in [4.78, 5) is 4.55. The Kier molecular flexibility index (Phi) is 3.62. The maximum Gasteiger partial charge on any atom is 0.0819 e. The van der Waals surface area contributed by atoms with Gasteiger partial charge in [-0.2, -0.15) is 0 Å². The Bertz CT molecular complexity index is 603. The molecule has 0 amide bonds. The smallest absolute Gasteiger partial charge is 0.0819 e. The van der Waals surface area contributed by atoms with Crippen LogP contribution in [0, 0.1) is 6.92 Å². The lowest BCUT2D eigenvalue weighted by Gasteiger charge is -2.32. The van der Waals surface area contributed by atoms with Crippen molar-refractivity contribution in [2.24, 2.45) is 0 Å². The lowest BCUT2D eigenvalue weighted by molar-refractivity contribution is 0.0167. The summed E-state index contributed by atoms with van der Waals surface area (Å²) in [6.45, 7) is 2.63. The first-order valence-electron chi connectivity index (χ1n) is 7.49. The number of fused-ring (bicyclic) bond motifs is 1. The van der Waals surface area contributed by atoms with Crippen LogP contribution < -0.4 is 5.32 Å². The molecule has 0 bridgehead atoms. The van der Waals surface area contributed by atoms with Crippen LogP contribution in [0.25, 0.3) is 10.9 Å². The molecule has 0 aliphatic heterocycles. The fourth-order valence-electron chi connectivity index (χ4n) is 3.10. The first-order chi connectivity index (χ1) is 9.66. The van der Waals surface area contributed by atoms with Gasteiger partial charge in [0.2, 0.25) is 0 Å². The minimum absolute atomic E-state index is 0.545. The third kappa shape index (κ3) is 2.78. The van der Waals surface area contributed by atoms with E-state index >= 15 is 0 Å². The van der Waals surface area contributed by atoms with Crippen molar-refractivity contribution in [1.82, 2.24) is 4.98 Å². The Morgan fingerprint density at radius 3 is 2.75 bits per heavy atom. The minimum Gasteiger partial charge on any atom is -0.388 e. The van der Waals surface area contributed by atoms with Crippen molar-refractivity contribution in [3.63, 3.8) is 0 Å². The SMILES string of the molecule is Cc1cc(NCC2(O)CCCCC2)c2ccccc2n1. The van der Waals surface area contributed by atoms with E-state index in [4.69, 9.17) is 0 Å². The van der Waals surface area contributed by atoms with Crippen molar-refractivity contribution in [1.29, 1.82) is 0 Å². The van der Waals surface area contributed by atoms with Crippen LogP contribution in [0.3, 0.4) is 0 Å². The molecule has 0 radical (unpaired) electrons. The number of nitrogens with zero attached hydrogens (tertiary/aromatic N) is 1. The lowest BCUT2D eigenvalue weighted by atomic mass is 9.85. The van der Waals surface area contributed by atoms with Crippen LogP contribution in [0.5, 0.6) is 0 Å². The number of hydrogen-bond acceptors (Lipinski definition) is 3. The van der Waals surface area contributed by atoms with E-state index in [-0.39, 0.29) is 0 Å². The molecule has 1 heterocycles. The Balaban J connectivity index is 1.83. The van der Waals surface area contributed by atoms with Gasteiger partial charge in [0.05, 0.1) is 11.1 Å². The first kappa shape index (κ1) is 13.4. The van der Waals surface area contributed by atoms with Gasteiger partial charge in [-0.1, -0.05) is 37.5 Å². The zero-order valence-corrected chi connectivity index (χ0v) is 12.0. The van der Waals surface area contributed by atoms with Crippen LogP contribution in [0.1, 0.15) is 37.8 Å². The topological polar surface area (TPSA) is 45.1 Å². The van der Waals surface area contributed by atoms with E-state index in [0.29, 0.717) is 6.54 Å². The van der Waals surface area contributed by atoms with Crippen LogP contribution in [0.2, 0.25) is 0 Å². The van der Waals surface area contributed by atoms with Gasteiger partial charge in [-0.3, -0.25) is 4.98 Å². The average molecular weight is 270 g/mol. The van der Waals surface area contributed by atoms with Crippen molar-refractivity contribution >= 4 is 16.6 Å². The highest BCUT2D eigenvalue weighted by Crippen LogP contribution is 2.29. The molecule has 1 aromatic heterocycles. The van der Waals surface area contributed by atoms with Crippen LogP contribution in [0.4, 0.5) is 5.69 Å². The van der Waals surface area contributed by atoms with Crippen molar-refractivity contribution in [2.75, 3.05) is 11.9 Å². The van der Waals surface area contributed by atoms with Gasteiger partial charge in [-0.15, -0.1) is 0 Å². The van der Waals surface area contributed by atoms with Crippen LogP contribution in [-0.4, -0.2) is 22.2 Å². The number of nitrogens with one attached hydrogen (secondary N) is 1. The zero-order valence-electron chi connectivity index (χ0n) is 12.0. The second kappa shape index (κ2) is 5.41. The molecular formula is C17H22N2O. The Labute approximate surface area is 120 Å². The summed E-state index contributed by atoms with van der Waals surface area (Å²) in [6.07, 6.45) is 5.33. The molecule has 3 rings (SSSR count). The number of anilines is 1. The quantitative estimate of drug-likeness (QED) is 0.895. The second-order valence-electron chi connectivity index (χ2n) is 5.97. The summed E-state index contributed by atoms with van der Waals surface area (Å²) in [6, 6.07) is 10.2. The summed E-state index contributed by atoms with van der Waals surface area (Å²) in [5.74, 6) is 0. The van der Waals surface area contributed by atoms with E-state index in [0.717, 1.165) is 48.0 Å². The minimum atomic E-state index is -0.545. The molecule has 3 heteroatoms. The zero-order chi connectivity index (χ0) is 14.0. The van der Waals surface area contributed by atoms with Crippen molar-refractivity contribution < 1.29 is 5.11 Å². The average Bonchev–Trinajstić information content (AvgIpc) is 2.45. The number of rotatable bonds is 3. The molecule has 106 valence electrons. The largest absolute Gasteiger partial charge is 0.388 e. The standard InChI is InChI=1S/C17H22N2O/c1-13-11-16(14-7-3-4-8-15(14)19-13)18-12-17(20)9-5-2-6-10-17/h3-4,7-8,11,20H,2,5-6,9-10,12H2,1H3,(H,18,19). The number of para-hydroxylation sites is 1. The van der Waals surface area contributed by atoms with Crippen molar-refractivity contribution in [3.8, 4) is 0 Å². The van der Waals surface area contributed by atoms with Gasteiger partial charge < -0.3 is 10.4 Å². The highest BCUT2D eigenvalue weighted by molar-refractivity contribution is 5.91. The van der Waals surface area contributed by atoms with Gasteiger partial charge >= 0.3 is 0 Å². The third-order valence-electron chi connectivity index (χ3n) is 4.24. The van der Waals surface area contributed by atoms with Gasteiger partial charge in [0.1, 0.15) is 0 Å². The van der Waals surface area contributed by atoms with Crippen molar-refractivity contribution in [3.05, 3.63) is 36.0 Å². The summed E-state index contributed by atoms with van der Waals surface area (Å²) in [5, 5.41) is 15.2. The normalized spacial score (nSPS) is 18.1. The Hall–Kier alpha value is -1.61.